The first-order valence-corrected chi connectivity index (χ1v) is 7.27. The SMILES string of the molecule is NC1CC(N)[C@@H](N)C(N)C[C@@H](N)C(N)CC(N)[C@@H](N)C1. The van der Waals surface area contributed by atoms with Crippen LogP contribution in [0.3, 0.4) is 0 Å². The highest BCUT2D eigenvalue weighted by molar-refractivity contribution is 4.95. The summed E-state index contributed by atoms with van der Waals surface area (Å²) in [7, 11) is 0. The van der Waals surface area contributed by atoms with Gasteiger partial charge in [-0.1, -0.05) is 0 Å². The number of rotatable bonds is 0. The lowest BCUT2D eigenvalue weighted by Crippen LogP contribution is -2.59. The van der Waals surface area contributed by atoms with Crippen LogP contribution in [0.4, 0.5) is 0 Å². The molecule has 0 aromatic heterocycles. The van der Waals surface area contributed by atoms with Gasteiger partial charge in [0.15, 0.2) is 0 Å². The van der Waals surface area contributed by atoms with Gasteiger partial charge in [0, 0.05) is 48.3 Å². The maximum absolute atomic E-state index is 6.08. The molecule has 0 heterocycles. The van der Waals surface area contributed by atoms with Crippen LogP contribution in [0.25, 0.3) is 0 Å². The van der Waals surface area contributed by atoms with E-state index in [0.717, 1.165) is 0 Å². The second-order valence-electron chi connectivity index (χ2n) is 6.26. The predicted octanol–water partition coefficient (Wildman–Crippen LogP) is -3.82. The monoisotopic (exact) mass is 288 g/mol. The minimum Gasteiger partial charge on any atom is -0.328 e. The molecule has 0 aliphatic heterocycles. The van der Waals surface area contributed by atoms with E-state index in [2.05, 4.69) is 0 Å². The van der Waals surface area contributed by atoms with Crippen molar-refractivity contribution in [3.8, 4) is 0 Å². The molecule has 0 bridgehead atoms. The highest BCUT2D eigenvalue weighted by Crippen LogP contribution is 2.14. The third kappa shape index (κ3) is 4.90. The van der Waals surface area contributed by atoms with E-state index >= 15 is 0 Å². The average Bonchev–Trinajstić information content (AvgIpc) is 2.35. The van der Waals surface area contributed by atoms with Gasteiger partial charge in [0.05, 0.1) is 0 Å². The zero-order valence-electron chi connectivity index (χ0n) is 12.1. The lowest BCUT2D eigenvalue weighted by atomic mass is 9.85. The molecule has 0 saturated heterocycles. The van der Waals surface area contributed by atoms with E-state index in [1.165, 1.54) is 0 Å². The van der Waals surface area contributed by atoms with E-state index in [0.29, 0.717) is 25.7 Å². The van der Waals surface area contributed by atoms with Gasteiger partial charge < -0.3 is 45.9 Å². The summed E-state index contributed by atoms with van der Waals surface area (Å²) in [6.45, 7) is 0. The van der Waals surface area contributed by atoms with Crippen LogP contribution in [-0.4, -0.2) is 48.3 Å². The molecule has 5 unspecified atom stereocenters. The highest BCUT2D eigenvalue weighted by atomic mass is 14.9. The van der Waals surface area contributed by atoms with Crippen LogP contribution >= 0.6 is 0 Å². The molecule has 1 fully saturated rings. The summed E-state index contributed by atoms with van der Waals surface area (Å²) in [5.41, 5.74) is 48.5. The third-order valence-corrected chi connectivity index (χ3v) is 4.33. The van der Waals surface area contributed by atoms with E-state index in [1.54, 1.807) is 0 Å². The maximum Gasteiger partial charge on any atom is 0.0347 e. The van der Waals surface area contributed by atoms with Gasteiger partial charge >= 0.3 is 0 Å². The van der Waals surface area contributed by atoms with E-state index in [9.17, 15) is 0 Å². The standard InChI is InChI=1S/C12H32N8/c13-5-1-6(14)7(15)3-8(16)9(17)4-11(19)12(20)10(18)2-5/h5-12H,1-4,13-20H2/t5?,6-,7?,8?,9+,10?,11?,12+/m0/s1. The Morgan fingerprint density at radius 1 is 0.400 bits per heavy atom. The fraction of sp³-hybridized carbons (Fsp3) is 1.00. The normalized spacial score (nSPS) is 49.2. The van der Waals surface area contributed by atoms with Crippen LogP contribution in [0.15, 0.2) is 0 Å². The van der Waals surface area contributed by atoms with Crippen molar-refractivity contribution in [3.63, 3.8) is 0 Å². The van der Waals surface area contributed by atoms with E-state index < -0.39 is 0 Å². The summed E-state index contributed by atoms with van der Waals surface area (Å²) in [5.74, 6) is 0. The fourth-order valence-electron chi connectivity index (χ4n) is 2.75. The average molecular weight is 288 g/mol. The van der Waals surface area contributed by atoms with Crippen molar-refractivity contribution in [2.45, 2.75) is 74.0 Å². The molecular formula is C12H32N8. The van der Waals surface area contributed by atoms with Gasteiger partial charge in [0.1, 0.15) is 0 Å². The molecule has 0 aromatic rings. The lowest BCUT2D eigenvalue weighted by molar-refractivity contribution is 0.308. The summed E-state index contributed by atoms with van der Waals surface area (Å²) >= 11 is 0. The van der Waals surface area contributed by atoms with Crippen molar-refractivity contribution in [1.29, 1.82) is 0 Å². The molecule has 1 aliphatic rings. The molecule has 8 nitrogen and oxygen atoms in total. The van der Waals surface area contributed by atoms with Crippen LogP contribution in [0.5, 0.6) is 0 Å². The van der Waals surface area contributed by atoms with Gasteiger partial charge in [0.2, 0.25) is 0 Å². The summed E-state index contributed by atoms with van der Waals surface area (Å²) in [6, 6.07) is -2.08. The molecule has 120 valence electrons. The first-order chi connectivity index (χ1) is 9.22. The molecule has 8 atom stereocenters. The van der Waals surface area contributed by atoms with Gasteiger partial charge in [-0.3, -0.25) is 0 Å². The second kappa shape index (κ2) is 7.62. The van der Waals surface area contributed by atoms with E-state index in [1.807, 2.05) is 0 Å². The quantitative estimate of drug-likeness (QED) is 0.221. The molecule has 1 aliphatic carbocycles. The zero-order chi connectivity index (χ0) is 15.4. The van der Waals surface area contributed by atoms with Crippen LogP contribution in [0, 0.1) is 0 Å². The van der Waals surface area contributed by atoms with Crippen molar-refractivity contribution in [2.75, 3.05) is 0 Å². The van der Waals surface area contributed by atoms with Gasteiger partial charge in [-0.25, -0.2) is 0 Å². The maximum atomic E-state index is 6.08. The van der Waals surface area contributed by atoms with Crippen molar-refractivity contribution in [3.05, 3.63) is 0 Å². The number of hydrogen-bond acceptors (Lipinski definition) is 8. The number of nitrogens with two attached hydrogens (primary N) is 8. The lowest BCUT2D eigenvalue weighted by Gasteiger charge is -2.34. The molecule has 0 spiro atoms. The Kier molecular flexibility index (Phi) is 6.76. The highest BCUT2D eigenvalue weighted by Gasteiger charge is 2.29. The van der Waals surface area contributed by atoms with Crippen LogP contribution < -0.4 is 45.9 Å². The summed E-state index contributed by atoms with van der Waals surface area (Å²) in [6.07, 6.45) is 2.20. The molecule has 0 aromatic carbocycles. The number of hydrogen-bond donors (Lipinski definition) is 8. The topological polar surface area (TPSA) is 208 Å². The van der Waals surface area contributed by atoms with Crippen molar-refractivity contribution < 1.29 is 0 Å². The van der Waals surface area contributed by atoms with Crippen LogP contribution in [-0.2, 0) is 0 Å². The summed E-state index contributed by atoms with van der Waals surface area (Å²) in [5, 5.41) is 0. The minimum absolute atomic E-state index is 0.145. The Morgan fingerprint density at radius 2 is 0.700 bits per heavy atom. The molecular weight excluding hydrogens is 256 g/mol. The van der Waals surface area contributed by atoms with Crippen molar-refractivity contribution >= 4 is 0 Å². The molecule has 8 heteroatoms. The molecule has 1 rings (SSSR count). The Morgan fingerprint density at radius 3 is 1.20 bits per heavy atom. The van der Waals surface area contributed by atoms with Gasteiger partial charge in [0.25, 0.3) is 0 Å². The molecule has 20 heavy (non-hydrogen) atoms. The third-order valence-electron chi connectivity index (χ3n) is 4.33. The Bertz CT molecular complexity index is 289. The van der Waals surface area contributed by atoms with E-state index in [4.69, 9.17) is 45.9 Å². The smallest absolute Gasteiger partial charge is 0.0347 e. The zero-order valence-corrected chi connectivity index (χ0v) is 12.1. The Labute approximate surface area is 120 Å². The molecule has 0 amide bonds. The first-order valence-electron chi connectivity index (χ1n) is 7.27. The van der Waals surface area contributed by atoms with Crippen molar-refractivity contribution in [1.82, 2.24) is 0 Å². The van der Waals surface area contributed by atoms with Crippen LogP contribution in [0.1, 0.15) is 25.7 Å². The molecule has 1 saturated carbocycles. The van der Waals surface area contributed by atoms with E-state index in [-0.39, 0.29) is 48.3 Å². The summed E-state index contributed by atoms with van der Waals surface area (Å²) in [4.78, 5) is 0. The largest absolute Gasteiger partial charge is 0.328 e. The Balaban J connectivity index is 2.81. The first kappa shape index (κ1) is 17.7. The summed E-state index contributed by atoms with van der Waals surface area (Å²) < 4.78 is 0. The fourth-order valence-corrected chi connectivity index (χ4v) is 2.75. The molecule has 0 radical (unpaired) electrons. The van der Waals surface area contributed by atoms with Gasteiger partial charge in [-0.15, -0.1) is 0 Å². The second-order valence-corrected chi connectivity index (χ2v) is 6.26. The van der Waals surface area contributed by atoms with Crippen LogP contribution in [0.2, 0.25) is 0 Å². The van der Waals surface area contributed by atoms with Gasteiger partial charge in [-0.2, -0.15) is 0 Å². The van der Waals surface area contributed by atoms with Crippen molar-refractivity contribution in [2.24, 2.45) is 45.9 Å². The predicted molar refractivity (Wildman–Crippen MR) is 82.3 cm³/mol. The van der Waals surface area contributed by atoms with Gasteiger partial charge in [-0.05, 0) is 25.7 Å². The Hall–Kier alpha value is -0.320. The minimum atomic E-state index is -0.358. The molecule has 16 N–H and O–H groups in total.